The van der Waals surface area contributed by atoms with Crippen molar-refractivity contribution in [2.45, 2.75) is 19.3 Å². The van der Waals surface area contributed by atoms with Crippen LogP contribution in [0.5, 0.6) is 0 Å². The maximum Gasteiger partial charge on any atom is 0.194 e. The van der Waals surface area contributed by atoms with Crippen LogP contribution in [0.25, 0.3) is 0 Å². The average molecular weight is 214 g/mol. The lowest BCUT2D eigenvalue weighted by atomic mass is 9.80. The van der Waals surface area contributed by atoms with Crippen molar-refractivity contribution in [3.8, 4) is 0 Å². The predicted molar refractivity (Wildman–Crippen MR) is 48.0 cm³/mol. The molecule has 0 atom stereocenters. The summed E-state index contributed by atoms with van der Waals surface area (Å²) in [5.41, 5.74) is -0.0731. The molecule has 1 aliphatic carbocycles. The van der Waals surface area contributed by atoms with Crippen LogP contribution in [-0.4, -0.2) is 5.78 Å². The van der Waals surface area contributed by atoms with Crippen LogP contribution in [0.2, 0.25) is 0 Å². The molecular weight excluding hydrogens is 205 g/mol. The van der Waals surface area contributed by atoms with E-state index in [-0.39, 0.29) is 17.3 Å². The molecule has 0 bridgehead atoms. The van der Waals surface area contributed by atoms with Crippen molar-refractivity contribution >= 4 is 5.78 Å². The van der Waals surface area contributed by atoms with Crippen LogP contribution >= 0.6 is 0 Å². The molecule has 0 saturated heterocycles. The van der Waals surface area contributed by atoms with Gasteiger partial charge in [-0.15, -0.1) is 0 Å². The zero-order valence-corrected chi connectivity index (χ0v) is 7.90. The van der Waals surface area contributed by atoms with E-state index in [4.69, 9.17) is 0 Å². The second-order valence-corrected chi connectivity index (χ2v) is 3.75. The monoisotopic (exact) mass is 214 g/mol. The van der Waals surface area contributed by atoms with Gasteiger partial charge in [-0.2, -0.15) is 0 Å². The van der Waals surface area contributed by atoms with E-state index in [0.717, 1.165) is 31.4 Å². The highest BCUT2D eigenvalue weighted by atomic mass is 19.2. The van der Waals surface area contributed by atoms with Crippen LogP contribution in [-0.2, 0) is 0 Å². The van der Waals surface area contributed by atoms with Gasteiger partial charge in [0.25, 0.3) is 0 Å². The first kappa shape index (κ1) is 10.2. The Kier molecular flexibility index (Phi) is 2.50. The lowest BCUT2D eigenvalue weighted by Gasteiger charge is -2.23. The fourth-order valence-corrected chi connectivity index (χ4v) is 1.60. The first-order chi connectivity index (χ1) is 7.09. The zero-order valence-electron chi connectivity index (χ0n) is 7.90. The third-order valence-electron chi connectivity index (χ3n) is 2.74. The fraction of sp³-hybridized carbons (Fsp3) is 0.364. The molecule has 1 saturated carbocycles. The van der Waals surface area contributed by atoms with E-state index < -0.39 is 17.5 Å². The number of halogens is 3. The van der Waals surface area contributed by atoms with E-state index in [2.05, 4.69) is 0 Å². The first-order valence-corrected chi connectivity index (χ1v) is 4.78. The topological polar surface area (TPSA) is 17.1 Å². The fourth-order valence-electron chi connectivity index (χ4n) is 1.60. The second kappa shape index (κ2) is 3.68. The summed E-state index contributed by atoms with van der Waals surface area (Å²) >= 11 is 0. The summed E-state index contributed by atoms with van der Waals surface area (Å²) in [6.07, 6.45) is 2.46. The number of Topliss-reactive ketones (excluding diaryl/α,β-unsaturated/α-hetero) is 1. The van der Waals surface area contributed by atoms with Crippen molar-refractivity contribution in [1.29, 1.82) is 0 Å². The molecule has 1 nitrogen and oxygen atoms in total. The van der Waals surface area contributed by atoms with Crippen LogP contribution < -0.4 is 0 Å². The van der Waals surface area contributed by atoms with Gasteiger partial charge in [0.05, 0.1) is 0 Å². The van der Waals surface area contributed by atoms with Crippen LogP contribution in [0.3, 0.4) is 0 Å². The van der Waals surface area contributed by atoms with Gasteiger partial charge in [0.2, 0.25) is 0 Å². The van der Waals surface area contributed by atoms with Crippen LogP contribution in [0.4, 0.5) is 13.2 Å². The summed E-state index contributed by atoms with van der Waals surface area (Å²) in [6, 6.07) is 1.53. The smallest absolute Gasteiger partial charge is 0.194 e. The van der Waals surface area contributed by atoms with Crippen LogP contribution in [0, 0.1) is 23.4 Å². The predicted octanol–water partition coefficient (Wildman–Crippen LogP) is 3.09. The highest BCUT2D eigenvalue weighted by molar-refractivity contribution is 5.98. The van der Waals surface area contributed by atoms with Gasteiger partial charge in [-0.05, 0) is 25.0 Å². The number of hydrogen-bond acceptors (Lipinski definition) is 1. The minimum absolute atomic E-state index is 0.0731. The van der Waals surface area contributed by atoms with E-state index in [1.165, 1.54) is 0 Å². The Hall–Kier alpha value is -1.32. The number of carbonyl (C=O) groups is 1. The normalized spacial score (nSPS) is 16.2. The van der Waals surface area contributed by atoms with Crippen molar-refractivity contribution in [3.63, 3.8) is 0 Å². The molecule has 4 heteroatoms. The van der Waals surface area contributed by atoms with E-state index in [1.807, 2.05) is 0 Å². The molecule has 0 spiro atoms. The molecule has 0 amide bonds. The van der Waals surface area contributed by atoms with Gasteiger partial charge >= 0.3 is 0 Å². The molecule has 1 aliphatic rings. The van der Waals surface area contributed by atoms with Crippen molar-refractivity contribution in [3.05, 3.63) is 35.1 Å². The Labute approximate surface area is 84.9 Å². The molecule has 80 valence electrons. The summed E-state index contributed by atoms with van der Waals surface area (Å²) < 4.78 is 38.2. The van der Waals surface area contributed by atoms with Crippen molar-refractivity contribution < 1.29 is 18.0 Å². The Morgan fingerprint density at radius 1 is 1.13 bits per heavy atom. The molecule has 0 unspecified atom stereocenters. The largest absolute Gasteiger partial charge is 0.294 e. The minimum atomic E-state index is -1.53. The van der Waals surface area contributed by atoms with E-state index in [1.54, 1.807) is 0 Å². The first-order valence-electron chi connectivity index (χ1n) is 4.78. The van der Waals surface area contributed by atoms with Gasteiger partial charge in [-0.3, -0.25) is 4.79 Å². The Bertz CT molecular complexity index is 387. The van der Waals surface area contributed by atoms with Gasteiger partial charge in [-0.25, -0.2) is 13.2 Å². The Morgan fingerprint density at radius 2 is 1.67 bits per heavy atom. The quantitative estimate of drug-likeness (QED) is 0.546. The average Bonchev–Trinajstić information content (AvgIpc) is 2.10. The second-order valence-electron chi connectivity index (χ2n) is 3.75. The SMILES string of the molecule is O=C(c1cc(F)c(F)c(F)c1)C1CCC1. The third kappa shape index (κ3) is 1.76. The molecule has 1 aromatic rings. The Morgan fingerprint density at radius 3 is 2.07 bits per heavy atom. The van der Waals surface area contributed by atoms with Crippen molar-refractivity contribution in [2.24, 2.45) is 5.92 Å². The lowest BCUT2D eigenvalue weighted by Crippen LogP contribution is -2.22. The lowest BCUT2D eigenvalue weighted by molar-refractivity contribution is 0.0854. The molecule has 2 rings (SSSR count). The minimum Gasteiger partial charge on any atom is -0.294 e. The number of benzene rings is 1. The zero-order chi connectivity index (χ0) is 11.0. The number of hydrogen-bond donors (Lipinski definition) is 0. The van der Waals surface area contributed by atoms with E-state index in [0.29, 0.717) is 0 Å². The van der Waals surface area contributed by atoms with Gasteiger partial charge in [0.1, 0.15) is 0 Å². The molecule has 1 aromatic carbocycles. The number of ketones is 1. The molecule has 0 N–H and O–H groups in total. The van der Waals surface area contributed by atoms with Gasteiger partial charge in [0, 0.05) is 11.5 Å². The third-order valence-corrected chi connectivity index (χ3v) is 2.74. The van der Waals surface area contributed by atoms with E-state index in [9.17, 15) is 18.0 Å². The summed E-state index contributed by atoms with van der Waals surface area (Å²) in [5.74, 6) is -4.58. The van der Waals surface area contributed by atoms with Crippen molar-refractivity contribution in [2.75, 3.05) is 0 Å². The molecular formula is C11H9F3O. The van der Waals surface area contributed by atoms with E-state index >= 15 is 0 Å². The molecule has 15 heavy (non-hydrogen) atoms. The molecule has 1 fully saturated rings. The maximum absolute atomic E-state index is 12.8. The number of rotatable bonds is 2. The molecule has 0 aliphatic heterocycles. The summed E-state index contributed by atoms with van der Waals surface area (Å²) in [6.45, 7) is 0. The standard InChI is InChI=1S/C11H9F3O/c12-8-4-7(5-9(13)10(8)14)11(15)6-2-1-3-6/h4-6H,1-3H2. The number of carbonyl (C=O) groups excluding carboxylic acids is 1. The maximum atomic E-state index is 12.8. The van der Waals surface area contributed by atoms with Crippen LogP contribution in [0.15, 0.2) is 12.1 Å². The summed E-state index contributed by atoms with van der Waals surface area (Å²) in [7, 11) is 0. The van der Waals surface area contributed by atoms with Gasteiger partial charge < -0.3 is 0 Å². The highest BCUT2D eigenvalue weighted by Gasteiger charge is 2.27. The van der Waals surface area contributed by atoms with Crippen molar-refractivity contribution in [1.82, 2.24) is 0 Å². The summed E-state index contributed by atoms with van der Waals surface area (Å²) in [5, 5.41) is 0. The summed E-state index contributed by atoms with van der Waals surface area (Å²) in [4.78, 5) is 11.6. The molecule has 0 radical (unpaired) electrons. The van der Waals surface area contributed by atoms with Gasteiger partial charge in [-0.1, -0.05) is 6.42 Å². The van der Waals surface area contributed by atoms with Gasteiger partial charge in [0.15, 0.2) is 23.2 Å². The highest BCUT2D eigenvalue weighted by Crippen LogP contribution is 2.30. The Balaban J connectivity index is 2.32. The molecule has 0 aromatic heterocycles. The van der Waals surface area contributed by atoms with Crippen LogP contribution in [0.1, 0.15) is 29.6 Å². The molecule has 0 heterocycles.